The largest absolute Gasteiger partial charge is 0.323 e. The predicted octanol–water partition coefficient (Wildman–Crippen LogP) is 5.03. The van der Waals surface area contributed by atoms with Gasteiger partial charge in [0.1, 0.15) is 24.2 Å². The Morgan fingerprint density at radius 3 is 2.43 bits per heavy atom. The highest BCUT2D eigenvalue weighted by Crippen LogP contribution is 2.32. The summed E-state index contributed by atoms with van der Waals surface area (Å²) in [5, 5.41) is 6.08. The molecule has 2 aromatic carbocycles. The van der Waals surface area contributed by atoms with E-state index in [4.69, 9.17) is 10.5 Å². The van der Waals surface area contributed by atoms with Crippen molar-refractivity contribution in [1.29, 1.82) is 0 Å². The number of amides is 1. The average Bonchev–Trinajstić information content (AvgIpc) is 3.87. The van der Waals surface area contributed by atoms with Crippen molar-refractivity contribution in [3.63, 3.8) is 0 Å². The molecule has 1 amide bonds. The van der Waals surface area contributed by atoms with Crippen molar-refractivity contribution in [2.45, 2.75) is 64.5 Å². The van der Waals surface area contributed by atoms with Crippen LogP contribution in [0.4, 0.5) is 18.9 Å². The molecule has 250 valence electrons. The number of piperazine rings is 1. The number of hydrogen-bond donors (Lipinski definition) is 3. The van der Waals surface area contributed by atoms with Crippen LogP contribution < -0.4 is 16.4 Å². The molecule has 1 aliphatic carbocycles. The lowest BCUT2D eigenvalue weighted by molar-refractivity contribution is -0.117. The summed E-state index contributed by atoms with van der Waals surface area (Å²) in [6, 6.07) is 8.69. The summed E-state index contributed by atoms with van der Waals surface area (Å²) < 4.78 is 58.2. The zero-order chi connectivity index (χ0) is 33.8. The molecule has 0 bridgehead atoms. The predicted molar refractivity (Wildman–Crippen MR) is 176 cm³/mol. The van der Waals surface area contributed by atoms with Crippen LogP contribution >= 0.6 is 0 Å². The van der Waals surface area contributed by atoms with Gasteiger partial charge in [-0.1, -0.05) is 32.0 Å². The molecule has 1 saturated heterocycles. The molecule has 12 heteroatoms. The van der Waals surface area contributed by atoms with Crippen molar-refractivity contribution in [2.75, 3.05) is 30.7 Å². The third-order valence-corrected chi connectivity index (χ3v) is 9.70. The van der Waals surface area contributed by atoms with Crippen LogP contribution in [-0.4, -0.2) is 63.7 Å². The molecular formula is C34H44F3N5O3S. The van der Waals surface area contributed by atoms with Gasteiger partial charge in [0.05, 0.1) is 35.1 Å². The van der Waals surface area contributed by atoms with E-state index in [1.807, 2.05) is 24.9 Å². The Bertz CT molecular complexity index is 1440. The lowest BCUT2D eigenvalue weighted by Gasteiger charge is -2.35. The molecule has 8 nitrogen and oxygen atoms in total. The van der Waals surface area contributed by atoms with Gasteiger partial charge in [0, 0.05) is 42.9 Å². The molecular weight excluding hydrogens is 615 g/mol. The molecule has 1 saturated carbocycles. The molecule has 5 rings (SSSR count). The first-order valence-corrected chi connectivity index (χ1v) is 16.8. The molecule has 0 spiro atoms. The van der Waals surface area contributed by atoms with Gasteiger partial charge in [-0.2, -0.15) is 0 Å². The zero-order valence-electron chi connectivity index (χ0n) is 26.6. The van der Waals surface area contributed by atoms with Crippen LogP contribution in [0.1, 0.15) is 61.3 Å². The first-order valence-electron chi connectivity index (χ1n) is 15.6. The van der Waals surface area contributed by atoms with Crippen LogP contribution in [0.3, 0.4) is 0 Å². The maximum Gasteiger partial charge on any atom is 0.242 e. The molecule has 1 aliphatic heterocycles. The fourth-order valence-electron chi connectivity index (χ4n) is 5.56. The number of hydrogen-bond acceptors (Lipinski definition) is 6. The summed E-state index contributed by atoms with van der Waals surface area (Å²) in [6.07, 6.45) is 5.54. The summed E-state index contributed by atoms with van der Waals surface area (Å²) in [5.74, 6) is -1.72. The van der Waals surface area contributed by atoms with E-state index in [9.17, 15) is 17.8 Å². The Morgan fingerprint density at radius 1 is 1.09 bits per heavy atom. The summed E-state index contributed by atoms with van der Waals surface area (Å²) in [6.45, 7) is 9.78. The van der Waals surface area contributed by atoms with Crippen LogP contribution in [0.15, 0.2) is 54.9 Å². The van der Waals surface area contributed by atoms with Crippen LogP contribution in [0.25, 0.3) is 0 Å². The Labute approximate surface area is 271 Å². The van der Waals surface area contributed by atoms with E-state index in [1.165, 1.54) is 42.6 Å². The van der Waals surface area contributed by atoms with E-state index in [2.05, 4.69) is 15.6 Å². The van der Waals surface area contributed by atoms with Gasteiger partial charge in [-0.3, -0.25) is 9.78 Å². The molecule has 4 N–H and O–H groups in total. The second kappa shape index (κ2) is 18.0. The van der Waals surface area contributed by atoms with Gasteiger partial charge < -0.3 is 21.2 Å². The monoisotopic (exact) mass is 659 g/mol. The fourth-order valence-corrected chi connectivity index (χ4v) is 7.30. The summed E-state index contributed by atoms with van der Waals surface area (Å²) >= 11 is 0. The molecule has 1 unspecified atom stereocenters. The number of nitrogens with two attached hydrogens (primary N) is 1. The normalized spacial score (nSPS) is 18.2. The van der Waals surface area contributed by atoms with Crippen LogP contribution in [0.5, 0.6) is 0 Å². The number of nitrogens with one attached hydrogen (secondary N) is 2. The number of nitrogens with zero attached hydrogens (tertiary/aromatic N) is 2. The highest BCUT2D eigenvalue weighted by Gasteiger charge is 2.32. The summed E-state index contributed by atoms with van der Waals surface area (Å²) in [4.78, 5) is 25.5. The maximum atomic E-state index is 15.1. The van der Waals surface area contributed by atoms with Crippen LogP contribution in [-0.2, 0) is 27.0 Å². The molecule has 1 aromatic heterocycles. The van der Waals surface area contributed by atoms with E-state index in [-0.39, 0.29) is 23.7 Å². The maximum absolute atomic E-state index is 15.1. The Hall–Kier alpha value is -3.45. The lowest BCUT2D eigenvalue weighted by atomic mass is 9.84. The number of halogens is 3. The number of anilines is 1. The highest BCUT2D eigenvalue weighted by molar-refractivity contribution is 7.82. The standard InChI is InChI=1S/C31H36F3N5O2S.C2H6.CH2O/c1-19-12-22(14-24(33)13-19)29(21-4-6-23(32)7-5-21)30(35)31(40)38-28-17-37-16-27(34)26(28)9-8-25-15-36-10-11-39(25)42(41)18-20-2-3-20;2*1-2/h4-7,12-14,16-17,20,25,29-30,36H,2-3,8-11,15,18,35H2,1H3,(H,38,40);1-2H3;1H2/t25-,29-,30-,42?;;/m0../s1. The van der Waals surface area contributed by atoms with Crippen molar-refractivity contribution in [2.24, 2.45) is 11.7 Å². The third-order valence-electron chi connectivity index (χ3n) is 7.94. The Balaban J connectivity index is 0.00000139. The minimum Gasteiger partial charge on any atom is -0.323 e. The molecule has 2 heterocycles. The van der Waals surface area contributed by atoms with Gasteiger partial charge in [0.2, 0.25) is 5.91 Å². The smallest absolute Gasteiger partial charge is 0.242 e. The van der Waals surface area contributed by atoms with Crippen molar-refractivity contribution in [3.8, 4) is 0 Å². The number of rotatable bonds is 11. The van der Waals surface area contributed by atoms with Gasteiger partial charge in [-0.05, 0) is 79.5 Å². The van der Waals surface area contributed by atoms with E-state index in [0.717, 1.165) is 25.6 Å². The topological polar surface area (TPSA) is 117 Å². The molecule has 3 aromatic rings. The first kappa shape index (κ1) is 37.0. The van der Waals surface area contributed by atoms with E-state index in [0.29, 0.717) is 47.9 Å². The minimum absolute atomic E-state index is 0.0456. The first-order chi connectivity index (χ1) is 22.2. The number of pyridine rings is 1. The van der Waals surface area contributed by atoms with Gasteiger partial charge in [0.25, 0.3) is 0 Å². The van der Waals surface area contributed by atoms with Gasteiger partial charge in [-0.25, -0.2) is 21.7 Å². The van der Waals surface area contributed by atoms with E-state index >= 15 is 4.39 Å². The second-order valence-electron chi connectivity index (χ2n) is 11.2. The van der Waals surface area contributed by atoms with Gasteiger partial charge in [-0.15, -0.1) is 0 Å². The fraction of sp³-hybridized carbons (Fsp3) is 0.441. The second-order valence-corrected chi connectivity index (χ2v) is 12.7. The lowest BCUT2D eigenvalue weighted by Crippen LogP contribution is -2.52. The quantitative estimate of drug-likeness (QED) is 0.266. The number of aryl methyl sites for hydroxylation is 1. The number of benzene rings is 2. The Kier molecular flexibility index (Phi) is 14.5. The average molecular weight is 660 g/mol. The van der Waals surface area contributed by atoms with Crippen molar-refractivity contribution in [3.05, 3.63) is 94.6 Å². The van der Waals surface area contributed by atoms with Crippen LogP contribution in [0, 0.1) is 30.3 Å². The Morgan fingerprint density at radius 2 is 1.78 bits per heavy atom. The van der Waals surface area contributed by atoms with Crippen LogP contribution in [0.2, 0.25) is 0 Å². The number of carbonyl (C=O) groups is 2. The van der Waals surface area contributed by atoms with Gasteiger partial charge in [0.15, 0.2) is 0 Å². The van der Waals surface area contributed by atoms with E-state index in [1.54, 1.807) is 13.0 Å². The SMILES string of the molecule is C=O.CC.Cc1cc(F)cc([C@H](c2ccc(F)cc2)[C@H](N)C(=O)Nc2cncc(F)c2CC[C@H]2CNCCN2S(=O)CC2CC2)c1. The van der Waals surface area contributed by atoms with E-state index < -0.39 is 46.3 Å². The molecule has 0 radical (unpaired) electrons. The third kappa shape index (κ3) is 10.0. The summed E-state index contributed by atoms with van der Waals surface area (Å²) in [7, 11) is -1.08. The minimum atomic E-state index is -1.21. The van der Waals surface area contributed by atoms with Crippen molar-refractivity contribution in [1.82, 2.24) is 14.6 Å². The van der Waals surface area contributed by atoms with Crippen molar-refractivity contribution < 1.29 is 27.0 Å². The molecule has 2 fully saturated rings. The van der Waals surface area contributed by atoms with Crippen molar-refractivity contribution >= 4 is 29.4 Å². The number of carbonyl (C=O) groups excluding carboxylic acids is 2. The van der Waals surface area contributed by atoms with Gasteiger partial charge >= 0.3 is 0 Å². The molecule has 2 aliphatic rings. The molecule has 46 heavy (non-hydrogen) atoms. The highest BCUT2D eigenvalue weighted by atomic mass is 32.2. The molecule has 4 atom stereocenters. The zero-order valence-corrected chi connectivity index (χ0v) is 27.4. The number of aromatic nitrogens is 1. The summed E-state index contributed by atoms with van der Waals surface area (Å²) in [5.41, 5.74) is 8.61.